The summed E-state index contributed by atoms with van der Waals surface area (Å²) in [5.74, 6) is 0.260. The van der Waals surface area contributed by atoms with Crippen molar-refractivity contribution < 1.29 is 9.53 Å². The van der Waals surface area contributed by atoms with Crippen LogP contribution < -0.4 is 11.1 Å². The van der Waals surface area contributed by atoms with Crippen molar-refractivity contribution >= 4 is 29.0 Å². The number of rotatable bonds is 7. The van der Waals surface area contributed by atoms with Gasteiger partial charge >= 0.3 is 0 Å². The van der Waals surface area contributed by atoms with E-state index in [1.54, 1.807) is 11.3 Å². The number of ether oxygens (including phenoxy) is 1. The number of thiazole rings is 1. The van der Waals surface area contributed by atoms with Crippen molar-refractivity contribution in [2.75, 3.05) is 6.61 Å². The third-order valence-electron chi connectivity index (χ3n) is 5.64. The SMILES string of the molecule is CCCO[C@@H]1C[C@@H](C(=O)NC2CCC(Sc3nc(C)cs3)CC2)CC[C@H]1N. The standard InChI is InChI=1S/C20H33N3O2S2/c1-3-10-25-18-11-14(4-9-17(18)21)19(24)23-15-5-7-16(8-6-15)27-20-22-13(2)12-26-20/h12,14-18H,3-11,21H2,1-2H3,(H,23,24)/t14-,15?,16?,17+,18+/m0/s1. The van der Waals surface area contributed by atoms with Crippen LogP contribution in [0.15, 0.2) is 9.72 Å². The number of nitrogens with one attached hydrogen (secondary N) is 1. The van der Waals surface area contributed by atoms with Gasteiger partial charge in [-0.3, -0.25) is 4.79 Å². The highest BCUT2D eigenvalue weighted by molar-refractivity contribution is 8.01. The fourth-order valence-electron chi connectivity index (χ4n) is 4.02. The first-order valence-corrected chi connectivity index (χ1v) is 12.1. The minimum Gasteiger partial charge on any atom is -0.377 e. The third kappa shape index (κ3) is 6.17. The highest BCUT2D eigenvalue weighted by Gasteiger charge is 2.34. The molecule has 27 heavy (non-hydrogen) atoms. The molecule has 3 atom stereocenters. The van der Waals surface area contributed by atoms with Crippen LogP contribution >= 0.6 is 23.1 Å². The average Bonchev–Trinajstić information content (AvgIpc) is 3.07. The summed E-state index contributed by atoms with van der Waals surface area (Å²) >= 11 is 3.65. The van der Waals surface area contributed by atoms with Gasteiger partial charge in [0, 0.05) is 40.9 Å². The van der Waals surface area contributed by atoms with Gasteiger partial charge < -0.3 is 15.8 Å². The number of nitrogens with two attached hydrogens (primary N) is 1. The van der Waals surface area contributed by atoms with Gasteiger partial charge in [0.25, 0.3) is 0 Å². The lowest BCUT2D eigenvalue weighted by molar-refractivity contribution is -0.129. The topological polar surface area (TPSA) is 77.2 Å². The molecule has 152 valence electrons. The van der Waals surface area contributed by atoms with E-state index in [1.807, 2.05) is 18.7 Å². The number of hydrogen-bond donors (Lipinski definition) is 2. The molecule has 0 radical (unpaired) electrons. The second-order valence-corrected chi connectivity index (χ2v) is 10.3. The third-order valence-corrected chi connectivity index (χ3v) is 8.06. The number of aromatic nitrogens is 1. The minimum absolute atomic E-state index is 0.0309. The maximum absolute atomic E-state index is 12.7. The van der Waals surface area contributed by atoms with Crippen LogP contribution in [0, 0.1) is 12.8 Å². The van der Waals surface area contributed by atoms with Gasteiger partial charge in [-0.1, -0.05) is 18.7 Å². The Morgan fingerprint density at radius 1 is 1.33 bits per heavy atom. The van der Waals surface area contributed by atoms with Crippen LogP contribution in [-0.4, -0.2) is 40.9 Å². The molecule has 3 rings (SSSR count). The van der Waals surface area contributed by atoms with E-state index in [2.05, 4.69) is 22.6 Å². The summed E-state index contributed by atoms with van der Waals surface area (Å²) in [6.45, 7) is 4.87. The lowest BCUT2D eigenvalue weighted by atomic mass is 9.83. The van der Waals surface area contributed by atoms with Gasteiger partial charge in [-0.05, 0) is 58.3 Å². The lowest BCUT2D eigenvalue weighted by Gasteiger charge is -2.35. The van der Waals surface area contributed by atoms with E-state index in [0.717, 1.165) is 63.7 Å². The molecule has 1 aromatic heterocycles. The predicted octanol–water partition coefficient (Wildman–Crippen LogP) is 3.89. The molecule has 3 N–H and O–H groups in total. The smallest absolute Gasteiger partial charge is 0.223 e. The van der Waals surface area contributed by atoms with E-state index in [9.17, 15) is 4.79 Å². The molecule has 0 aromatic carbocycles. The fraction of sp³-hybridized carbons (Fsp3) is 0.800. The van der Waals surface area contributed by atoms with E-state index in [0.29, 0.717) is 11.3 Å². The Morgan fingerprint density at radius 3 is 2.78 bits per heavy atom. The van der Waals surface area contributed by atoms with Crippen molar-refractivity contribution in [1.82, 2.24) is 10.3 Å². The predicted molar refractivity (Wildman–Crippen MR) is 112 cm³/mol. The first-order chi connectivity index (χ1) is 13.0. The van der Waals surface area contributed by atoms with Crippen LogP contribution in [0.25, 0.3) is 0 Å². The van der Waals surface area contributed by atoms with Crippen LogP contribution in [0.2, 0.25) is 0 Å². The van der Waals surface area contributed by atoms with Gasteiger partial charge in [-0.25, -0.2) is 4.98 Å². The monoisotopic (exact) mass is 411 g/mol. The second kappa shape index (κ2) is 10.2. The Hall–Kier alpha value is -0.630. The van der Waals surface area contributed by atoms with Crippen molar-refractivity contribution in [2.45, 2.75) is 93.0 Å². The van der Waals surface area contributed by atoms with Crippen LogP contribution in [0.3, 0.4) is 0 Å². The van der Waals surface area contributed by atoms with E-state index in [1.165, 1.54) is 4.34 Å². The summed E-state index contributed by atoms with van der Waals surface area (Å²) in [7, 11) is 0. The molecule has 2 aliphatic carbocycles. The molecular formula is C20H33N3O2S2. The molecule has 0 unspecified atom stereocenters. The molecule has 2 saturated carbocycles. The normalized spacial score (nSPS) is 31.6. The number of aryl methyl sites for hydroxylation is 1. The molecule has 0 bridgehead atoms. The summed E-state index contributed by atoms with van der Waals surface area (Å²) in [6, 6.07) is 0.389. The second-order valence-electron chi connectivity index (χ2n) is 7.94. The zero-order valence-electron chi connectivity index (χ0n) is 16.5. The Kier molecular flexibility index (Phi) is 7.99. The van der Waals surface area contributed by atoms with E-state index < -0.39 is 0 Å². The number of carbonyl (C=O) groups is 1. The van der Waals surface area contributed by atoms with Crippen molar-refractivity contribution in [3.05, 3.63) is 11.1 Å². The van der Waals surface area contributed by atoms with Crippen LogP contribution in [0.5, 0.6) is 0 Å². The van der Waals surface area contributed by atoms with E-state index >= 15 is 0 Å². The molecule has 0 saturated heterocycles. The van der Waals surface area contributed by atoms with Crippen molar-refractivity contribution in [3.8, 4) is 0 Å². The van der Waals surface area contributed by atoms with Crippen molar-refractivity contribution in [3.63, 3.8) is 0 Å². The largest absolute Gasteiger partial charge is 0.377 e. The zero-order chi connectivity index (χ0) is 19.2. The molecule has 2 fully saturated rings. The first-order valence-electron chi connectivity index (χ1n) is 10.3. The number of hydrogen-bond acceptors (Lipinski definition) is 6. The molecule has 2 aliphatic rings. The summed E-state index contributed by atoms with van der Waals surface area (Å²) in [6.07, 6.45) is 7.97. The highest BCUT2D eigenvalue weighted by atomic mass is 32.2. The first kappa shape index (κ1) is 21.1. The summed E-state index contributed by atoms with van der Waals surface area (Å²) in [5.41, 5.74) is 7.29. The lowest BCUT2D eigenvalue weighted by Crippen LogP contribution is -2.48. The number of nitrogens with zero attached hydrogens (tertiary/aromatic N) is 1. The summed E-state index contributed by atoms with van der Waals surface area (Å²) in [4.78, 5) is 17.3. The van der Waals surface area contributed by atoms with Crippen molar-refractivity contribution in [1.29, 1.82) is 0 Å². The quantitative estimate of drug-likeness (QED) is 0.712. The molecule has 1 heterocycles. The van der Waals surface area contributed by atoms with E-state index in [-0.39, 0.29) is 24.0 Å². The van der Waals surface area contributed by atoms with Gasteiger partial charge in [0.15, 0.2) is 0 Å². The van der Waals surface area contributed by atoms with Crippen LogP contribution in [0.1, 0.15) is 64.0 Å². The Morgan fingerprint density at radius 2 is 2.11 bits per heavy atom. The van der Waals surface area contributed by atoms with Crippen LogP contribution in [0.4, 0.5) is 0 Å². The van der Waals surface area contributed by atoms with E-state index in [4.69, 9.17) is 10.5 Å². The fourth-order valence-corrected chi connectivity index (χ4v) is 6.31. The average molecular weight is 412 g/mol. The van der Waals surface area contributed by atoms with Gasteiger partial charge in [-0.15, -0.1) is 11.3 Å². The van der Waals surface area contributed by atoms with Gasteiger partial charge in [0.05, 0.1) is 6.10 Å². The Bertz CT molecular complexity index is 602. The number of thioether (sulfide) groups is 1. The minimum atomic E-state index is 0.0309. The number of amides is 1. The summed E-state index contributed by atoms with van der Waals surface area (Å²) < 4.78 is 7.05. The molecule has 5 nitrogen and oxygen atoms in total. The molecule has 0 aliphatic heterocycles. The molecule has 7 heteroatoms. The van der Waals surface area contributed by atoms with Gasteiger partial charge in [0.2, 0.25) is 5.91 Å². The Labute approximate surface area is 171 Å². The molecular weight excluding hydrogens is 378 g/mol. The molecule has 0 spiro atoms. The maximum Gasteiger partial charge on any atom is 0.223 e. The molecule has 1 aromatic rings. The summed E-state index contributed by atoms with van der Waals surface area (Å²) in [5, 5.41) is 6.05. The van der Waals surface area contributed by atoms with Crippen LogP contribution in [-0.2, 0) is 9.53 Å². The van der Waals surface area contributed by atoms with Gasteiger partial charge in [0.1, 0.15) is 4.34 Å². The van der Waals surface area contributed by atoms with Crippen molar-refractivity contribution in [2.24, 2.45) is 11.7 Å². The maximum atomic E-state index is 12.7. The highest BCUT2D eigenvalue weighted by Crippen LogP contribution is 2.35. The number of carbonyl (C=O) groups excluding carboxylic acids is 1. The molecule has 1 amide bonds. The Balaban J connectivity index is 1.41. The zero-order valence-corrected chi connectivity index (χ0v) is 18.1. The van der Waals surface area contributed by atoms with Gasteiger partial charge in [-0.2, -0.15) is 0 Å².